The summed E-state index contributed by atoms with van der Waals surface area (Å²) in [6, 6.07) is 10.0. The minimum absolute atomic E-state index is 0.291. The van der Waals surface area contributed by atoms with Crippen LogP contribution in [0.3, 0.4) is 0 Å². The molecule has 0 saturated heterocycles. The zero-order valence-corrected chi connectivity index (χ0v) is 10.8. The van der Waals surface area contributed by atoms with Crippen LogP contribution in [-0.2, 0) is 6.42 Å². The van der Waals surface area contributed by atoms with Gasteiger partial charge in [-0.2, -0.15) is 0 Å². The molecule has 2 nitrogen and oxygen atoms in total. The molecule has 2 aromatic carbocycles. The Morgan fingerprint density at radius 3 is 2.47 bits per heavy atom. The zero-order chi connectivity index (χ0) is 13.8. The first-order chi connectivity index (χ1) is 9.10. The molecule has 1 unspecified atom stereocenters. The SMILES string of the molecule is NNC(Cc1cccc(F)c1)c1ccc(F)cc1Cl. The molecule has 0 radical (unpaired) electrons. The molecule has 0 aromatic heterocycles. The molecule has 0 amide bonds. The first-order valence-electron chi connectivity index (χ1n) is 5.75. The number of rotatable bonds is 4. The fourth-order valence-electron chi connectivity index (χ4n) is 1.94. The lowest BCUT2D eigenvalue weighted by Gasteiger charge is -2.18. The molecule has 0 fully saturated rings. The first kappa shape index (κ1) is 13.9. The van der Waals surface area contributed by atoms with Crippen molar-refractivity contribution in [2.75, 3.05) is 0 Å². The summed E-state index contributed by atoms with van der Waals surface area (Å²) in [5.41, 5.74) is 4.07. The molecule has 0 aliphatic carbocycles. The van der Waals surface area contributed by atoms with Crippen molar-refractivity contribution in [2.45, 2.75) is 12.5 Å². The number of nitrogens with one attached hydrogen (secondary N) is 1. The Morgan fingerprint density at radius 2 is 1.84 bits per heavy atom. The molecule has 3 N–H and O–H groups in total. The maximum Gasteiger partial charge on any atom is 0.124 e. The van der Waals surface area contributed by atoms with Crippen LogP contribution in [0, 0.1) is 11.6 Å². The van der Waals surface area contributed by atoms with Crippen molar-refractivity contribution in [3.05, 3.63) is 70.2 Å². The molecule has 0 aliphatic heterocycles. The average Bonchev–Trinajstić information content (AvgIpc) is 2.37. The summed E-state index contributed by atoms with van der Waals surface area (Å²) in [6.45, 7) is 0. The summed E-state index contributed by atoms with van der Waals surface area (Å²) in [4.78, 5) is 0. The molecular weight excluding hydrogens is 270 g/mol. The van der Waals surface area contributed by atoms with E-state index in [1.165, 1.54) is 24.3 Å². The van der Waals surface area contributed by atoms with E-state index >= 15 is 0 Å². The van der Waals surface area contributed by atoms with Crippen LogP contribution in [0.5, 0.6) is 0 Å². The van der Waals surface area contributed by atoms with E-state index in [1.54, 1.807) is 18.2 Å². The number of hydrazine groups is 1. The average molecular weight is 283 g/mol. The van der Waals surface area contributed by atoms with E-state index in [4.69, 9.17) is 17.4 Å². The molecule has 19 heavy (non-hydrogen) atoms. The van der Waals surface area contributed by atoms with Gasteiger partial charge in [0, 0.05) is 5.02 Å². The summed E-state index contributed by atoms with van der Waals surface area (Å²) in [7, 11) is 0. The second-order valence-corrected chi connectivity index (χ2v) is 4.63. The number of hydrogen-bond donors (Lipinski definition) is 2. The summed E-state index contributed by atoms with van der Waals surface area (Å²) < 4.78 is 26.1. The molecule has 0 heterocycles. The Kier molecular flexibility index (Phi) is 4.47. The maximum atomic E-state index is 13.1. The lowest BCUT2D eigenvalue weighted by atomic mass is 9.99. The third-order valence-electron chi connectivity index (χ3n) is 2.87. The lowest BCUT2D eigenvalue weighted by Crippen LogP contribution is -2.29. The normalized spacial score (nSPS) is 12.4. The molecule has 0 saturated carbocycles. The lowest BCUT2D eigenvalue weighted by molar-refractivity contribution is 0.546. The summed E-state index contributed by atoms with van der Waals surface area (Å²) in [5, 5.41) is 0.291. The summed E-state index contributed by atoms with van der Waals surface area (Å²) in [6.07, 6.45) is 0.458. The fraction of sp³-hybridized carbons (Fsp3) is 0.143. The minimum Gasteiger partial charge on any atom is -0.271 e. The van der Waals surface area contributed by atoms with Gasteiger partial charge < -0.3 is 0 Å². The highest BCUT2D eigenvalue weighted by Gasteiger charge is 2.14. The van der Waals surface area contributed by atoms with Crippen LogP contribution in [0.25, 0.3) is 0 Å². The van der Waals surface area contributed by atoms with E-state index < -0.39 is 5.82 Å². The third-order valence-corrected chi connectivity index (χ3v) is 3.20. The molecule has 100 valence electrons. The topological polar surface area (TPSA) is 38.0 Å². The van der Waals surface area contributed by atoms with Gasteiger partial charge in [0.05, 0.1) is 6.04 Å². The van der Waals surface area contributed by atoms with Gasteiger partial charge >= 0.3 is 0 Å². The van der Waals surface area contributed by atoms with Crippen molar-refractivity contribution in [1.82, 2.24) is 5.43 Å². The van der Waals surface area contributed by atoms with Crippen molar-refractivity contribution in [1.29, 1.82) is 0 Å². The van der Waals surface area contributed by atoms with E-state index in [1.807, 2.05) is 0 Å². The molecule has 0 aliphatic rings. The quantitative estimate of drug-likeness (QED) is 0.666. The third kappa shape index (κ3) is 3.50. The van der Waals surface area contributed by atoms with Crippen LogP contribution >= 0.6 is 11.6 Å². The summed E-state index contributed by atoms with van der Waals surface area (Å²) in [5.74, 6) is 4.79. The van der Waals surface area contributed by atoms with Gasteiger partial charge in [-0.1, -0.05) is 29.8 Å². The van der Waals surface area contributed by atoms with E-state index in [2.05, 4.69) is 5.43 Å². The highest BCUT2D eigenvalue weighted by Crippen LogP contribution is 2.26. The van der Waals surface area contributed by atoms with Crippen LogP contribution < -0.4 is 11.3 Å². The molecule has 2 rings (SSSR count). The Hall–Kier alpha value is -1.49. The summed E-state index contributed by atoms with van der Waals surface area (Å²) >= 11 is 5.99. The zero-order valence-electron chi connectivity index (χ0n) is 10.0. The Morgan fingerprint density at radius 1 is 1.11 bits per heavy atom. The first-order valence-corrected chi connectivity index (χ1v) is 6.13. The van der Waals surface area contributed by atoms with Crippen LogP contribution in [0.1, 0.15) is 17.2 Å². The molecule has 5 heteroatoms. The second kappa shape index (κ2) is 6.10. The van der Waals surface area contributed by atoms with Gasteiger partial charge in [-0.25, -0.2) is 8.78 Å². The molecule has 1 atom stereocenters. The molecule has 0 spiro atoms. The number of benzene rings is 2. The Labute approximate surface area is 115 Å². The largest absolute Gasteiger partial charge is 0.271 e. The van der Waals surface area contributed by atoms with Gasteiger partial charge in [-0.05, 0) is 41.8 Å². The number of hydrogen-bond acceptors (Lipinski definition) is 2. The van der Waals surface area contributed by atoms with Crippen molar-refractivity contribution in [3.63, 3.8) is 0 Å². The van der Waals surface area contributed by atoms with Crippen molar-refractivity contribution < 1.29 is 8.78 Å². The smallest absolute Gasteiger partial charge is 0.124 e. The Balaban J connectivity index is 2.25. The highest BCUT2D eigenvalue weighted by atomic mass is 35.5. The predicted molar refractivity (Wildman–Crippen MR) is 71.6 cm³/mol. The predicted octanol–water partition coefficient (Wildman–Crippen LogP) is 3.37. The van der Waals surface area contributed by atoms with Crippen molar-refractivity contribution in [2.24, 2.45) is 5.84 Å². The van der Waals surface area contributed by atoms with Crippen molar-refractivity contribution in [3.8, 4) is 0 Å². The van der Waals surface area contributed by atoms with Gasteiger partial charge in [0.1, 0.15) is 11.6 Å². The number of halogens is 3. The monoisotopic (exact) mass is 282 g/mol. The van der Waals surface area contributed by atoms with Gasteiger partial charge in [0.25, 0.3) is 0 Å². The van der Waals surface area contributed by atoms with Gasteiger partial charge in [0.2, 0.25) is 0 Å². The van der Waals surface area contributed by atoms with Crippen LogP contribution in [0.15, 0.2) is 42.5 Å². The Bertz CT molecular complexity index is 575. The van der Waals surface area contributed by atoms with Crippen molar-refractivity contribution >= 4 is 11.6 Å². The van der Waals surface area contributed by atoms with Crippen LogP contribution in [0.2, 0.25) is 5.02 Å². The van der Waals surface area contributed by atoms with Crippen LogP contribution in [-0.4, -0.2) is 0 Å². The second-order valence-electron chi connectivity index (χ2n) is 4.22. The van der Waals surface area contributed by atoms with Gasteiger partial charge in [0.15, 0.2) is 0 Å². The van der Waals surface area contributed by atoms with Gasteiger partial charge in [-0.15, -0.1) is 0 Å². The van der Waals surface area contributed by atoms with Crippen LogP contribution in [0.4, 0.5) is 8.78 Å². The van der Waals surface area contributed by atoms with E-state index in [9.17, 15) is 8.78 Å². The molecule has 0 bridgehead atoms. The van der Waals surface area contributed by atoms with E-state index in [-0.39, 0.29) is 11.9 Å². The van der Waals surface area contributed by atoms with Gasteiger partial charge in [-0.3, -0.25) is 11.3 Å². The fourth-order valence-corrected chi connectivity index (χ4v) is 2.24. The highest BCUT2D eigenvalue weighted by molar-refractivity contribution is 6.31. The van der Waals surface area contributed by atoms with E-state index in [0.717, 1.165) is 5.56 Å². The minimum atomic E-state index is -0.407. The van der Waals surface area contributed by atoms with E-state index in [0.29, 0.717) is 17.0 Å². The molecular formula is C14H13ClF2N2. The molecule has 2 aromatic rings. The number of nitrogens with two attached hydrogens (primary N) is 1. The maximum absolute atomic E-state index is 13.1. The standard InChI is InChI=1S/C14H13ClF2N2/c15-13-8-11(17)4-5-12(13)14(19-18)7-9-2-1-3-10(16)6-9/h1-6,8,14,19H,7,18H2.